The molecule has 1 aromatic carbocycles. The van der Waals surface area contributed by atoms with Crippen LogP contribution in [0.25, 0.3) is 0 Å². The highest BCUT2D eigenvalue weighted by molar-refractivity contribution is 6.30. The zero-order valence-electron chi connectivity index (χ0n) is 13.7. The number of nitrogens with zero attached hydrogens (tertiary/aromatic N) is 3. The zero-order chi connectivity index (χ0) is 17.0. The lowest BCUT2D eigenvalue weighted by molar-refractivity contribution is 0.229. The molecule has 0 unspecified atom stereocenters. The Bertz CT molecular complexity index is 653. The van der Waals surface area contributed by atoms with Crippen molar-refractivity contribution in [1.82, 2.24) is 25.4 Å². The number of aryl methyl sites for hydroxylation is 1. The van der Waals surface area contributed by atoms with Crippen LogP contribution in [0.15, 0.2) is 30.6 Å². The first-order valence-electron chi connectivity index (χ1n) is 7.55. The van der Waals surface area contributed by atoms with Gasteiger partial charge in [0.15, 0.2) is 5.82 Å². The van der Waals surface area contributed by atoms with Crippen molar-refractivity contribution in [3.63, 3.8) is 0 Å². The maximum absolute atomic E-state index is 12.3. The fourth-order valence-electron chi connectivity index (χ4n) is 2.43. The summed E-state index contributed by atoms with van der Waals surface area (Å²) in [5.74, 6) is 0.944. The van der Waals surface area contributed by atoms with Crippen LogP contribution in [0.5, 0.6) is 0 Å². The van der Waals surface area contributed by atoms with Crippen molar-refractivity contribution >= 4 is 17.6 Å². The molecule has 2 rings (SSSR count). The van der Waals surface area contributed by atoms with E-state index in [0.29, 0.717) is 10.8 Å². The van der Waals surface area contributed by atoms with Crippen molar-refractivity contribution in [2.45, 2.75) is 32.9 Å². The molecule has 0 saturated heterocycles. The number of rotatable bonds is 5. The molecule has 0 saturated carbocycles. The molecular weight excluding hydrogens is 314 g/mol. The normalized spacial score (nSPS) is 13.7. The predicted octanol–water partition coefficient (Wildman–Crippen LogP) is 3.23. The molecule has 0 fully saturated rings. The second kappa shape index (κ2) is 7.46. The van der Waals surface area contributed by atoms with Gasteiger partial charge in [-0.25, -0.2) is 4.79 Å². The number of halogens is 1. The molecule has 2 N–H and O–H groups in total. The van der Waals surface area contributed by atoms with E-state index in [1.165, 1.54) is 0 Å². The number of urea groups is 1. The molecule has 1 aromatic heterocycles. The third kappa shape index (κ3) is 4.45. The van der Waals surface area contributed by atoms with E-state index in [2.05, 4.69) is 34.7 Å². The quantitative estimate of drug-likeness (QED) is 0.881. The Labute approximate surface area is 141 Å². The van der Waals surface area contributed by atoms with Crippen LogP contribution in [0.3, 0.4) is 0 Å². The molecule has 0 bridgehead atoms. The molecule has 0 radical (unpaired) electrons. The van der Waals surface area contributed by atoms with E-state index in [0.717, 1.165) is 5.56 Å². The molecule has 23 heavy (non-hydrogen) atoms. The summed E-state index contributed by atoms with van der Waals surface area (Å²) < 4.78 is 1.78. The van der Waals surface area contributed by atoms with Crippen LogP contribution < -0.4 is 10.6 Å². The first-order valence-corrected chi connectivity index (χ1v) is 7.92. The van der Waals surface area contributed by atoms with E-state index in [1.54, 1.807) is 10.9 Å². The van der Waals surface area contributed by atoms with Crippen LogP contribution in [0.1, 0.15) is 44.2 Å². The van der Waals surface area contributed by atoms with Crippen LogP contribution >= 0.6 is 11.6 Å². The molecule has 7 heteroatoms. The fraction of sp³-hybridized carbons (Fsp3) is 0.438. The van der Waals surface area contributed by atoms with Gasteiger partial charge in [-0.3, -0.25) is 0 Å². The lowest BCUT2D eigenvalue weighted by Crippen LogP contribution is -2.41. The van der Waals surface area contributed by atoms with E-state index in [-0.39, 0.29) is 24.0 Å². The minimum atomic E-state index is -0.242. The van der Waals surface area contributed by atoms with Gasteiger partial charge in [-0.15, -0.1) is 10.2 Å². The minimum Gasteiger partial charge on any atom is -0.331 e. The largest absolute Gasteiger partial charge is 0.331 e. The number of nitrogens with one attached hydrogen (secondary N) is 2. The minimum absolute atomic E-state index is 0.0982. The smallest absolute Gasteiger partial charge is 0.315 e. The van der Waals surface area contributed by atoms with Crippen molar-refractivity contribution in [3.05, 3.63) is 47.0 Å². The summed E-state index contributed by atoms with van der Waals surface area (Å²) in [6.07, 6.45) is 1.61. The molecule has 2 atom stereocenters. The number of amides is 2. The highest BCUT2D eigenvalue weighted by Crippen LogP contribution is 2.23. The average molecular weight is 336 g/mol. The van der Waals surface area contributed by atoms with Crippen LogP contribution in [-0.4, -0.2) is 20.8 Å². The Morgan fingerprint density at radius 1 is 1.17 bits per heavy atom. The van der Waals surface area contributed by atoms with Crippen molar-refractivity contribution in [3.8, 4) is 0 Å². The number of carbonyl (C=O) groups excluding carboxylic acids is 1. The molecule has 1 heterocycles. The Hall–Kier alpha value is -2.08. The third-order valence-corrected chi connectivity index (χ3v) is 3.92. The number of hydrogen-bond donors (Lipinski definition) is 2. The van der Waals surface area contributed by atoms with Gasteiger partial charge >= 0.3 is 6.03 Å². The second-order valence-electron chi connectivity index (χ2n) is 5.91. The summed E-state index contributed by atoms with van der Waals surface area (Å²) in [4.78, 5) is 12.3. The number of hydrogen-bond acceptors (Lipinski definition) is 3. The van der Waals surface area contributed by atoms with E-state index in [9.17, 15) is 4.79 Å². The van der Waals surface area contributed by atoms with Crippen LogP contribution in [0.2, 0.25) is 5.02 Å². The van der Waals surface area contributed by atoms with Gasteiger partial charge in [0, 0.05) is 12.1 Å². The molecule has 0 aliphatic carbocycles. The Kier molecular flexibility index (Phi) is 5.60. The van der Waals surface area contributed by atoms with Crippen LogP contribution in [0.4, 0.5) is 4.79 Å². The summed E-state index contributed by atoms with van der Waals surface area (Å²) in [5.41, 5.74) is 1.02. The van der Waals surface area contributed by atoms with Crippen molar-refractivity contribution in [2.24, 2.45) is 13.0 Å². The topological polar surface area (TPSA) is 71.8 Å². The Morgan fingerprint density at radius 2 is 1.83 bits per heavy atom. The van der Waals surface area contributed by atoms with Crippen LogP contribution in [-0.2, 0) is 7.05 Å². The van der Waals surface area contributed by atoms with Crippen molar-refractivity contribution < 1.29 is 4.79 Å². The van der Waals surface area contributed by atoms with Gasteiger partial charge < -0.3 is 15.2 Å². The molecule has 6 nitrogen and oxygen atoms in total. The number of aromatic nitrogens is 3. The SMILES string of the molecule is CC(C)[C@@H](NC(=O)N[C@H](C)c1nncn1C)c1ccc(Cl)cc1. The molecule has 124 valence electrons. The Balaban J connectivity index is 2.04. The maximum atomic E-state index is 12.3. The maximum Gasteiger partial charge on any atom is 0.315 e. The van der Waals surface area contributed by atoms with E-state index >= 15 is 0 Å². The van der Waals surface area contributed by atoms with Crippen molar-refractivity contribution in [1.29, 1.82) is 0 Å². The lowest BCUT2D eigenvalue weighted by atomic mass is 9.96. The van der Waals surface area contributed by atoms with Crippen molar-refractivity contribution in [2.75, 3.05) is 0 Å². The monoisotopic (exact) mass is 335 g/mol. The van der Waals surface area contributed by atoms with Gasteiger partial charge in [0.05, 0.1) is 12.1 Å². The summed E-state index contributed by atoms with van der Waals surface area (Å²) in [7, 11) is 1.84. The first-order chi connectivity index (χ1) is 10.9. The first kappa shape index (κ1) is 17.3. The summed E-state index contributed by atoms with van der Waals surface area (Å²) >= 11 is 5.93. The Morgan fingerprint density at radius 3 is 2.35 bits per heavy atom. The molecule has 0 aliphatic rings. The molecule has 0 spiro atoms. The van der Waals surface area contributed by atoms with Gasteiger partial charge in [-0.1, -0.05) is 37.6 Å². The molecule has 0 aliphatic heterocycles. The summed E-state index contributed by atoms with van der Waals surface area (Å²) in [5, 5.41) is 14.4. The lowest BCUT2D eigenvalue weighted by Gasteiger charge is -2.24. The van der Waals surface area contributed by atoms with Gasteiger partial charge in [-0.2, -0.15) is 0 Å². The van der Waals surface area contributed by atoms with Gasteiger partial charge in [0.2, 0.25) is 0 Å². The van der Waals surface area contributed by atoms with E-state index in [1.807, 2.05) is 38.2 Å². The third-order valence-electron chi connectivity index (χ3n) is 3.66. The average Bonchev–Trinajstić information content (AvgIpc) is 2.92. The van der Waals surface area contributed by atoms with Gasteiger partial charge in [0.1, 0.15) is 6.33 Å². The zero-order valence-corrected chi connectivity index (χ0v) is 14.5. The highest BCUT2D eigenvalue weighted by atomic mass is 35.5. The predicted molar refractivity (Wildman–Crippen MR) is 90.1 cm³/mol. The molecule has 2 amide bonds. The summed E-state index contributed by atoms with van der Waals surface area (Å²) in [6, 6.07) is 6.94. The molecule has 2 aromatic rings. The van der Waals surface area contributed by atoms with E-state index < -0.39 is 0 Å². The van der Waals surface area contributed by atoms with Gasteiger partial charge in [0.25, 0.3) is 0 Å². The molecular formula is C16H22ClN5O. The van der Waals surface area contributed by atoms with Crippen LogP contribution in [0, 0.1) is 5.92 Å². The summed E-state index contributed by atoms with van der Waals surface area (Å²) in [6.45, 7) is 5.99. The highest BCUT2D eigenvalue weighted by Gasteiger charge is 2.20. The number of carbonyl (C=O) groups is 1. The fourth-order valence-corrected chi connectivity index (χ4v) is 2.56. The van der Waals surface area contributed by atoms with Gasteiger partial charge in [-0.05, 0) is 30.5 Å². The second-order valence-corrected chi connectivity index (χ2v) is 6.35. The number of benzene rings is 1. The van der Waals surface area contributed by atoms with E-state index in [4.69, 9.17) is 11.6 Å². The standard InChI is InChI=1S/C16H22ClN5O/c1-10(2)14(12-5-7-13(17)8-6-12)20-16(23)19-11(3)15-21-18-9-22(15)4/h5-11,14H,1-4H3,(H2,19,20,23)/t11-,14-/m1/s1.